The molecule has 1 N–H and O–H groups in total. The summed E-state index contributed by atoms with van der Waals surface area (Å²) in [5.74, 6) is 1.10. The van der Waals surface area contributed by atoms with Crippen LogP contribution in [0.4, 0.5) is 4.39 Å². The summed E-state index contributed by atoms with van der Waals surface area (Å²) in [6.07, 6.45) is 0.774. The highest BCUT2D eigenvalue weighted by Crippen LogP contribution is 2.37. The van der Waals surface area contributed by atoms with Gasteiger partial charge in [-0.15, -0.1) is 23.1 Å². The van der Waals surface area contributed by atoms with Crippen molar-refractivity contribution in [3.05, 3.63) is 64.7 Å². The number of carbonyl (C=O) groups excluding carboxylic acids is 1. The normalized spacial score (nSPS) is 16.0. The summed E-state index contributed by atoms with van der Waals surface area (Å²) < 4.78 is 16.0. The number of carbonyl (C=O) groups is 1. The van der Waals surface area contributed by atoms with Crippen LogP contribution in [0.3, 0.4) is 0 Å². The third kappa shape index (κ3) is 3.42. The minimum atomic E-state index is -0.224. The standard InChI is InChI=1S/C21H17FN4OS2/c22-14-5-3-4-13-15(8-9-29-20(13)14)24-19(27)10-26-18-7-2-1-6-16(18)25-21(26)17-11-28-12-23-17/h1-7,11-12,15H,8-10H2,(H,24,27)/t15-/m1/s1. The van der Waals surface area contributed by atoms with Crippen LogP contribution < -0.4 is 5.32 Å². The number of nitrogens with one attached hydrogen (secondary N) is 1. The molecule has 2 aromatic carbocycles. The number of nitrogens with zero attached hydrogens (tertiary/aromatic N) is 3. The van der Waals surface area contributed by atoms with Gasteiger partial charge in [0.25, 0.3) is 0 Å². The molecule has 0 aliphatic carbocycles. The van der Waals surface area contributed by atoms with Crippen molar-refractivity contribution in [3.63, 3.8) is 0 Å². The van der Waals surface area contributed by atoms with Gasteiger partial charge < -0.3 is 9.88 Å². The van der Waals surface area contributed by atoms with Gasteiger partial charge in [-0.1, -0.05) is 24.3 Å². The number of halogens is 1. The lowest BCUT2D eigenvalue weighted by Gasteiger charge is -2.26. The van der Waals surface area contributed by atoms with Crippen LogP contribution in [-0.4, -0.2) is 26.2 Å². The molecule has 8 heteroatoms. The van der Waals surface area contributed by atoms with Gasteiger partial charge in [-0.2, -0.15) is 0 Å². The second kappa shape index (κ2) is 7.61. The summed E-state index contributed by atoms with van der Waals surface area (Å²) in [6.45, 7) is 0.127. The largest absolute Gasteiger partial charge is 0.348 e. The van der Waals surface area contributed by atoms with Gasteiger partial charge in [-0.3, -0.25) is 4.79 Å². The molecule has 2 aromatic heterocycles. The summed E-state index contributed by atoms with van der Waals surface area (Å²) in [5.41, 5.74) is 5.07. The average Bonchev–Trinajstić information content (AvgIpc) is 3.37. The molecule has 0 bridgehead atoms. The van der Waals surface area contributed by atoms with E-state index in [-0.39, 0.29) is 24.3 Å². The van der Waals surface area contributed by atoms with Gasteiger partial charge in [-0.25, -0.2) is 14.4 Å². The predicted octanol–water partition coefficient (Wildman–Crippen LogP) is 4.65. The Morgan fingerprint density at radius 1 is 1.24 bits per heavy atom. The number of thioether (sulfide) groups is 1. The monoisotopic (exact) mass is 424 g/mol. The van der Waals surface area contributed by atoms with Gasteiger partial charge in [-0.05, 0) is 30.2 Å². The molecule has 1 atom stereocenters. The number of hydrogen-bond acceptors (Lipinski definition) is 5. The van der Waals surface area contributed by atoms with Crippen LogP contribution in [-0.2, 0) is 11.3 Å². The molecular weight excluding hydrogens is 407 g/mol. The molecule has 146 valence electrons. The van der Waals surface area contributed by atoms with E-state index in [4.69, 9.17) is 0 Å². The maximum Gasteiger partial charge on any atom is 0.240 e. The minimum absolute atomic E-state index is 0.127. The molecule has 0 fully saturated rings. The lowest BCUT2D eigenvalue weighted by atomic mass is 10.0. The summed E-state index contributed by atoms with van der Waals surface area (Å²) in [4.78, 5) is 22.6. The molecule has 4 aromatic rings. The van der Waals surface area contributed by atoms with Gasteiger partial charge >= 0.3 is 0 Å². The van der Waals surface area contributed by atoms with Gasteiger partial charge in [0.2, 0.25) is 5.91 Å². The second-order valence-electron chi connectivity index (χ2n) is 6.80. The SMILES string of the molecule is O=C(Cn1c(-c2cscn2)nc2ccccc21)N[C@@H]1CCSc2c(F)cccc21. The molecule has 1 aliphatic heterocycles. The zero-order valence-corrected chi connectivity index (χ0v) is 17.0. The Hall–Kier alpha value is -2.71. The van der Waals surface area contributed by atoms with E-state index < -0.39 is 0 Å². The fourth-order valence-corrected chi connectivity index (χ4v) is 5.35. The minimum Gasteiger partial charge on any atom is -0.348 e. The highest BCUT2D eigenvalue weighted by atomic mass is 32.2. The van der Waals surface area contributed by atoms with E-state index in [9.17, 15) is 9.18 Å². The van der Waals surface area contributed by atoms with Crippen molar-refractivity contribution < 1.29 is 9.18 Å². The number of hydrogen-bond donors (Lipinski definition) is 1. The van der Waals surface area contributed by atoms with E-state index >= 15 is 0 Å². The first-order chi connectivity index (χ1) is 14.2. The number of imidazole rings is 1. The molecule has 0 unspecified atom stereocenters. The number of benzene rings is 2. The van der Waals surface area contributed by atoms with E-state index in [1.807, 2.05) is 40.3 Å². The maximum absolute atomic E-state index is 14.1. The van der Waals surface area contributed by atoms with Crippen molar-refractivity contribution in [1.82, 2.24) is 19.9 Å². The summed E-state index contributed by atoms with van der Waals surface area (Å²) in [5, 5.41) is 5.02. The molecule has 29 heavy (non-hydrogen) atoms. The van der Waals surface area contributed by atoms with Crippen LogP contribution in [0, 0.1) is 5.82 Å². The molecular formula is C21H17FN4OS2. The van der Waals surface area contributed by atoms with Gasteiger partial charge in [0.05, 0.1) is 22.6 Å². The quantitative estimate of drug-likeness (QED) is 0.518. The van der Waals surface area contributed by atoms with E-state index in [2.05, 4.69) is 15.3 Å². The molecule has 0 saturated heterocycles. The highest BCUT2D eigenvalue weighted by molar-refractivity contribution is 7.99. The van der Waals surface area contributed by atoms with Crippen molar-refractivity contribution in [3.8, 4) is 11.5 Å². The molecule has 1 amide bonds. The Balaban J connectivity index is 1.45. The zero-order chi connectivity index (χ0) is 19.8. The van der Waals surface area contributed by atoms with Crippen LogP contribution in [0.5, 0.6) is 0 Å². The Morgan fingerprint density at radius 2 is 2.14 bits per heavy atom. The van der Waals surface area contributed by atoms with Crippen molar-refractivity contribution in [1.29, 1.82) is 0 Å². The number of rotatable bonds is 4. The van der Waals surface area contributed by atoms with Crippen LogP contribution in [0.15, 0.2) is 58.3 Å². The number of para-hydroxylation sites is 2. The average molecular weight is 425 g/mol. The van der Waals surface area contributed by atoms with Crippen molar-refractivity contribution in [2.24, 2.45) is 0 Å². The third-order valence-corrected chi connectivity index (χ3v) is 6.72. The highest BCUT2D eigenvalue weighted by Gasteiger charge is 2.25. The van der Waals surface area contributed by atoms with Crippen molar-refractivity contribution in [2.45, 2.75) is 23.9 Å². The first-order valence-electron chi connectivity index (χ1n) is 9.25. The Labute approximate surface area is 175 Å². The number of thiazole rings is 1. The third-order valence-electron chi connectivity index (χ3n) is 4.98. The summed E-state index contributed by atoms with van der Waals surface area (Å²) in [7, 11) is 0. The molecule has 0 saturated carbocycles. The molecule has 5 nitrogen and oxygen atoms in total. The van der Waals surface area contributed by atoms with Crippen molar-refractivity contribution >= 4 is 40.0 Å². The second-order valence-corrected chi connectivity index (χ2v) is 8.62. The Bertz CT molecular complexity index is 1190. The molecule has 0 radical (unpaired) electrons. The van der Waals surface area contributed by atoms with Gasteiger partial charge in [0, 0.05) is 16.0 Å². The first kappa shape index (κ1) is 18.3. The molecule has 1 aliphatic rings. The van der Waals surface area contributed by atoms with Gasteiger partial charge in [0.1, 0.15) is 18.1 Å². The number of aromatic nitrogens is 3. The van der Waals surface area contributed by atoms with Crippen molar-refractivity contribution in [2.75, 3.05) is 5.75 Å². The zero-order valence-electron chi connectivity index (χ0n) is 15.3. The fourth-order valence-electron chi connectivity index (χ4n) is 3.67. The van der Waals surface area contributed by atoms with E-state index in [0.29, 0.717) is 10.7 Å². The Morgan fingerprint density at radius 3 is 3.00 bits per heavy atom. The number of fused-ring (bicyclic) bond motifs is 2. The summed E-state index contributed by atoms with van der Waals surface area (Å²) >= 11 is 3.00. The fraction of sp³-hybridized carbons (Fsp3) is 0.190. The van der Waals surface area contributed by atoms with Crippen LogP contribution >= 0.6 is 23.1 Å². The summed E-state index contributed by atoms with van der Waals surface area (Å²) in [6, 6.07) is 12.6. The molecule has 0 spiro atoms. The lowest BCUT2D eigenvalue weighted by molar-refractivity contribution is -0.122. The smallest absolute Gasteiger partial charge is 0.240 e. The van der Waals surface area contributed by atoms with Crippen LogP contribution in [0.1, 0.15) is 18.0 Å². The number of amides is 1. The van der Waals surface area contributed by atoms with E-state index in [0.717, 1.165) is 34.5 Å². The van der Waals surface area contributed by atoms with E-state index in [1.54, 1.807) is 11.6 Å². The maximum atomic E-state index is 14.1. The lowest BCUT2D eigenvalue weighted by Crippen LogP contribution is -2.33. The molecule has 5 rings (SSSR count). The topological polar surface area (TPSA) is 59.8 Å². The predicted molar refractivity (Wildman–Crippen MR) is 113 cm³/mol. The van der Waals surface area contributed by atoms with Gasteiger partial charge in [0.15, 0.2) is 5.82 Å². The van der Waals surface area contributed by atoms with Crippen LogP contribution in [0.25, 0.3) is 22.6 Å². The van der Waals surface area contributed by atoms with Crippen LogP contribution in [0.2, 0.25) is 0 Å². The first-order valence-corrected chi connectivity index (χ1v) is 11.2. The molecule has 3 heterocycles. The Kier molecular flexibility index (Phi) is 4.81. The van der Waals surface area contributed by atoms with E-state index in [1.165, 1.54) is 29.2 Å².